The highest BCUT2D eigenvalue weighted by molar-refractivity contribution is 5.82. The lowest BCUT2D eigenvalue weighted by atomic mass is 10.1. The first-order valence-electron chi connectivity index (χ1n) is 7.39. The number of likely N-dealkylation sites (tertiary alicyclic amines) is 1. The highest BCUT2D eigenvalue weighted by Crippen LogP contribution is 2.20. The van der Waals surface area contributed by atoms with Gasteiger partial charge in [0.1, 0.15) is 0 Å². The van der Waals surface area contributed by atoms with E-state index in [1.165, 1.54) is 25.0 Å². The van der Waals surface area contributed by atoms with Crippen molar-refractivity contribution in [3.05, 3.63) is 24.0 Å². The van der Waals surface area contributed by atoms with Gasteiger partial charge in [0.15, 0.2) is 0 Å². The van der Waals surface area contributed by atoms with Gasteiger partial charge in [0, 0.05) is 25.0 Å². The van der Waals surface area contributed by atoms with Crippen molar-refractivity contribution in [3.63, 3.8) is 0 Å². The standard InChI is InChI=1S/C15H23N3O/c1-16-8-4-2-3-7-14(16)15(19)18-11-10-17-9-5-6-13(17)12-18/h5-6,9,14H,2-4,7-8,10-12H2,1H3/t14-/m0/s1. The monoisotopic (exact) mass is 261 g/mol. The van der Waals surface area contributed by atoms with Crippen LogP contribution < -0.4 is 0 Å². The Hall–Kier alpha value is -1.29. The molecule has 1 aromatic rings. The number of hydrogen-bond acceptors (Lipinski definition) is 2. The molecule has 1 amide bonds. The average Bonchev–Trinajstić information content (AvgIpc) is 2.79. The second kappa shape index (κ2) is 5.37. The number of aromatic nitrogens is 1. The van der Waals surface area contributed by atoms with E-state index in [9.17, 15) is 4.79 Å². The van der Waals surface area contributed by atoms with Crippen LogP contribution in [-0.2, 0) is 17.9 Å². The fourth-order valence-electron chi connectivity index (χ4n) is 3.28. The van der Waals surface area contributed by atoms with Crippen LogP contribution in [0, 0.1) is 0 Å². The number of rotatable bonds is 1. The number of likely N-dealkylation sites (N-methyl/N-ethyl adjacent to an activating group) is 1. The number of carbonyl (C=O) groups excluding carboxylic acids is 1. The summed E-state index contributed by atoms with van der Waals surface area (Å²) < 4.78 is 2.25. The molecule has 1 aromatic heterocycles. The normalized spacial score (nSPS) is 24.9. The van der Waals surface area contributed by atoms with Gasteiger partial charge < -0.3 is 9.47 Å². The predicted molar refractivity (Wildman–Crippen MR) is 74.7 cm³/mol. The fourth-order valence-corrected chi connectivity index (χ4v) is 3.28. The minimum atomic E-state index is 0.101. The Morgan fingerprint density at radius 2 is 2.11 bits per heavy atom. The Bertz CT molecular complexity index is 454. The summed E-state index contributed by atoms with van der Waals surface area (Å²) in [6, 6.07) is 4.29. The van der Waals surface area contributed by atoms with E-state index < -0.39 is 0 Å². The summed E-state index contributed by atoms with van der Waals surface area (Å²) in [5.41, 5.74) is 1.26. The van der Waals surface area contributed by atoms with E-state index in [0.29, 0.717) is 5.91 Å². The number of amides is 1. The molecule has 0 bridgehead atoms. The molecule has 3 rings (SSSR count). The van der Waals surface area contributed by atoms with Crippen molar-refractivity contribution in [1.29, 1.82) is 0 Å². The Labute approximate surface area is 115 Å². The van der Waals surface area contributed by atoms with E-state index in [0.717, 1.165) is 32.6 Å². The van der Waals surface area contributed by atoms with E-state index >= 15 is 0 Å². The summed E-state index contributed by atoms with van der Waals surface area (Å²) in [6.07, 6.45) is 6.80. The molecule has 19 heavy (non-hydrogen) atoms. The minimum absolute atomic E-state index is 0.101. The molecule has 1 atom stereocenters. The van der Waals surface area contributed by atoms with Crippen molar-refractivity contribution in [3.8, 4) is 0 Å². The molecule has 4 nitrogen and oxygen atoms in total. The maximum absolute atomic E-state index is 12.7. The Kier molecular flexibility index (Phi) is 3.60. The predicted octanol–water partition coefficient (Wildman–Crippen LogP) is 1.70. The van der Waals surface area contributed by atoms with Gasteiger partial charge in [0.2, 0.25) is 5.91 Å². The molecule has 1 fully saturated rings. The fraction of sp³-hybridized carbons (Fsp3) is 0.667. The van der Waals surface area contributed by atoms with Crippen LogP contribution >= 0.6 is 0 Å². The van der Waals surface area contributed by atoms with Gasteiger partial charge in [-0.3, -0.25) is 9.69 Å². The summed E-state index contributed by atoms with van der Waals surface area (Å²) in [4.78, 5) is 17.0. The number of carbonyl (C=O) groups is 1. The van der Waals surface area contributed by atoms with Crippen molar-refractivity contribution < 1.29 is 4.79 Å². The maximum atomic E-state index is 12.7. The molecule has 104 valence electrons. The minimum Gasteiger partial charge on any atom is -0.348 e. The molecule has 0 aromatic carbocycles. The molecule has 2 aliphatic rings. The van der Waals surface area contributed by atoms with Crippen LogP contribution in [0.25, 0.3) is 0 Å². The summed E-state index contributed by atoms with van der Waals surface area (Å²) in [5.74, 6) is 0.330. The lowest BCUT2D eigenvalue weighted by Crippen LogP contribution is -2.49. The van der Waals surface area contributed by atoms with Crippen LogP contribution in [0.1, 0.15) is 31.4 Å². The van der Waals surface area contributed by atoms with Crippen molar-refractivity contribution >= 4 is 5.91 Å². The van der Waals surface area contributed by atoms with E-state index in [1.807, 2.05) is 4.90 Å². The first-order valence-corrected chi connectivity index (χ1v) is 7.39. The quantitative estimate of drug-likeness (QED) is 0.770. The number of nitrogens with zero attached hydrogens (tertiary/aromatic N) is 3. The molecule has 0 spiro atoms. The zero-order valence-corrected chi connectivity index (χ0v) is 11.7. The molecule has 3 heterocycles. The van der Waals surface area contributed by atoms with E-state index in [1.54, 1.807) is 0 Å². The topological polar surface area (TPSA) is 28.5 Å². The molecule has 4 heteroatoms. The van der Waals surface area contributed by atoms with Gasteiger partial charge in [-0.25, -0.2) is 0 Å². The third-order valence-corrected chi connectivity index (χ3v) is 4.50. The van der Waals surface area contributed by atoms with E-state index in [-0.39, 0.29) is 6.04 Å². The van der Waals surface area contributed by atoms with Gasteiger partial charge in [0.05, 0.1) is 12.6 Å². The highest BCUT2D eigenvalue weighted by Gasteiger charge is 2.30. The molecular formula is C15H23N3O. The van der Waals surface area contributed by atoms with Gasteiger partial charge in [-0.2, -0.15) is 0 Å². The van der Waals surface area contributed by atoms with Gasteiger partial charge >= 0.3 is 0 Å². The third-order valence-electron chi connectivity index (χ3n) is 4.50. The van der Waals surface area contributed by atoms with Crippen LogP contribution in [0.2, 0.25) is 0 Å². The highest BCUT2D eigenvalue weighted by atomic mass is 16.2. The van der Waals surface area contributed by atoms with Gasteiger partial charge in [0.25, 0.3) is 0 Å². The van der Waals surface area contributed by atoms with Crippen molar-refractivity contribution in [2.24, 2.45) is 0 Å². The summed E-state index contributed by atoms with van der Waals surface area (Å²) in [6.45, 7) is 3.62. The smallest absolute Gasteiger partial charge is 0.240 e. The second-order valence-electron chi connectivity index (χ2n) is 5.80. The molecule has 2 aliphatic heterocycles. The molecule has 0 N–H and O–H groups in total. The molecule has 0 unspecified atom stereocenters. The summed E-state index contributed by atoms with van der Waals surface area (Å²) in [5, 5.41) is 0. The van der Waals surface area contributed by atoms with Crippen LogP contribution in [0.15, 0.2) is 18.3 Å². The second-order valence-corrected chi connectivity index (χ2v) is 5.80. The lowest BCUT2D eigenvalue weighted by molar-refractivity contribution is -0.138. The first-order chi connectivity index (χ1) is 9.25. The third kappa shape index (κ3) is 2.54. The SMILES string of the molecule is CN1CCCCC[C@H]1C(=O)N1CCn2cccc2C1. The summed E-state index contributed by atoms with van der Waals surface area (Å²) in [7, 11) is 2.10. The Morgan fingerprint density at radius 1 is 1.21 bits per heavy atom. The maximum Gasteiger partial charge on any atom is 0.240 e. The van der Waals surface area contributed by atoms with Crippen LogP contribution in [0.3, 0.4) is 0 Å². The average molecular weight is 261 g/mol. The van der Waals surface area contributed by atoms with Crippen LogP contribution in [0.4, 0.5) is 0 Å². The zero-order chi connectivity index (χ0) is 13.2. The van der Waals surface area contributed by atoms with Gasteiger partial charge in [-0.15, -0.1) is 0 Å². The molecule has 0 radical (unpaired) electrons. The molecule has 0 aliphatic carbocycles. The van der Waals surface area contributed by atoms with E-state index in [4.69, 9.17) is 0 Å². The number of fused-ring (bicyclic) bond motifs is 1. The van der Waals surface area contributed by atoms with Crippen molar-refractivity contribution in [1.82, 2.24) is 14.4 Å². The molecule has 1 saturated heterocycles. The van der Waals surface area contributed by atoms with Crippen LogP contribution in [0.5, 0.6) is 0 Å². The van der Waals surface area contributed by atoms with Gasteiger partial charge in [-0.1, -0.05) is 12.8 Å². The first kappa shape index (κ1) is 12.7. The van der Waals surface area contributed by atoms with Crippen molar-refractivity contribution in [2.75, 3.05) is 20.1 Å². The van der Waals surface area contributed by atoms with Crippen LogP contribution in [-0.4, -0.2) is 46.5 Å². The van der Waals surface area contributed by atoms with Crippen molar-refractivity contribution in [2.45, 2.75) is 44.8 Å². The molecular weight excluding hydrogens is 238 g/mol. The van der Waals surface area contributed by atoms with E-state index in [2.05, 4.69) is 34.8 Å². The number of hydrogen-bond donors (Lipinski definition) is 0. The Balaban J connectivity index is 1.70. The zero-order valence-electron chi connectivity index (χ0n) is 11.7. The van der Waals surface area contributed by atoms with Gasteiger partial charge in [-0.05, 0) is 38.6 Å². The lowest BCUT2D eigenvalue weighted by Gasteiger charge is -2.34. The Morgan fingerprint density at radius 3 is 3.00 bits per heavy atom. The summed E-state index contributed by atoms with van der Waals surface area (Å²) >= 11 is 0. The molecule has 0 saturated carbocycles. The largest absolute Gasteiger partial charge is 0.348 e.